The van der Waals surface area contributed by atoms with Gasteiger partial charge in [-0.1, -0.05) is 11.6 Å². The normalized spacial score (nSPS) is 11.5. The van der Waals surface area contributed by atoms with Crippen LogP contribution in [0.2, 0.25) is 5.02 Å². The summed E-state index contributed by atoms with van der Waals surface area (Å²) in [5.41, 5.74) is 2.27. The maximum Gasteiger partial charge on any atom is 0.328 e. The van der Waals surface area contributed by atoms with Crippen molar-refractivity contribution >= 4 is 35.2 Å². The lowest BCUT2D eigenvalue weighted by atomic mass is 10.1. The monoisotopic (exact) mass is 448 g/mol. The zero-order valence-corrected chi connectivity index (χ0v) is 18.6. The van der Waals surface area contributed by atoms with Crippen LogP contribution >= 0.6 is 11.6 Å². The van der Waals surface area contributed by atoms with Crippen LogP contribution in [0.3, 0.4) is 0 Å². The highest BCUT2D eigenvalue weighted by Gasteiger charge is 2.24. The summed E-state index contributed by atoms with van der Waals surface area (Å²) in [5.74, 6) is -1.77. The van der Waals surface area contributed by atoms with Gasteiger partial charge in [0.25, 0.3) is 0 Å². The Bertz CT molecular complexity index is 981. The minimum Gasteiger partial charge on any atom is -0.469 e. The molecule has 1 aromatic carbocycles. The molecular formula is C22H25ClN2O6. The van der Waals surface area contributed by atoms with Crippen molar-refractivity contribution in [2.75, 3.05) is 14.2 Å². The van der Waals surface area contributed by atoms with Crippen LogP contribution < -0.4 is 5.32 Å². The largest absolute Gasteiger partial charge is 0.469 e. The maximum atomic E-state index is 12.9. The number of nitrogens with one attached hydrogen (secondary N) is 1. The molecule has 31 heavy (non-hydrogen) atoms. The summed E-state index contributed by atoms with van der Waals surface area (Å²) in [5, 5.41) is 3.12. The Balaban J connectivity index is 2.14. The Morgan fingerprint density at radius 1 is 1.10 bits per heavy atom. The summed E-state index contributed by atoms with van der Waals surface area (Å²) < 4.78 is 10.9. The molecule has 8 nitrogen and oxygen atoms in total. The van der Waals surface area contributed by atoms with Crippen molar-refractivity contribution in [3.05, 3.63) is 57.9 Å². The number of ether oxygens (including phenoxy) is 2. The smallest absolute Gasteiger partial charge is 0.328 e. The Labute approximate surface area is 185 Å². The van der Waals surface area contributed by atoms with Crippen molar-refractivity contribution in [1.82, 2.24) is 9.88 Å². The van der Waals surface area contributed by atoms with Gasteiger partial charge in [0, 0.05) is 29.7 Å². The average Bonchev–Trinajstić information content (AvgIpc) is 3.02. The number of methoxy groups -OCH3 is 2. The number of halogens is 1. The number of hydrogen-bond acceptors (Lipinski definition) is 6. The van der Waals surface area contributed by atoms with Gasteiger partial charge < -0.3 is 19.4 Å². The first kappa shape index (κ1) is 24.1. The van der Waals surface area contributed by atoms with Crippen LogP contribution in [0.1, 0.15) is 40.2 Å². The van der Waals surface area contributed by atoms with Gasteiger partial charge in [-0.05, 0) is 49.2 Å². The summed E-state index contributed by atoms with van der Waals surface area (Å²) in [6.45, 7) is 1.79. The number of benzene rings is 1. The van der Waals surface area contributed by atoms with Crippen LogP contribution in [-0.2, 0) is 37.3 Å². The van der Waals surface area contributed by atoms with Gasteiger partial charge in [0.2, 0.25) is 11.7 Å². The van der Waals surface area contributed by atoms with Crippen molar-refractivity contribution in [3.63, 3.8) is 0 Å². The molecule has 0 fully saturated rings. The molecule has 1 N–H and O–H groups in total. The van der Waals surface area contributed by atoms with Gasteiger partial charge in [0.05, 0.1) is 26.3 Å². The minimum absolute atomic E-state index is 0.0421. The quantitative estimate of drug-likeness (QED) is 0.466. The number of hydrogen-bond donors (Lipinski definition) is 1. The number of carbonyl (C=O) groups is 4. The lowest BCUT2D eigenvalue weighted by molar-refractivity contribution is -0.146. The second-order valence-electron chi connectivity index (χ2n) is 7.00. The zero-order chi connectivity index (χ0) is 23.1. The molecule has 1 atom stereocenters. The van der Waals surface area contributed by atoms with Gasteiger partial charge in [-0.15, -0.1) is 0 Å². The number of ketones is 1. The van der Waals surface area contributed by atoms with Crippen molar-refractivity contribution in [2.24, 2.45) is 7.05 Å². The van der Waals surface area contributed by atoms with Gasteiger partial charge >= 0.3 is 11.9 Å². The summed E-state index contributed by atoms with van der Waals surface area (Å²) in [4.78, 5) is 48.8. The third kappa shape index (κ3) is 6.18. The second-order valence-corrected chi connectivity index (χ2v) is 7.43. The van der Waals surface area contributed by atoms with E-state index in [2.05, 4.69) is 10.1 Å². The molecule has 1 amide bonds. The molecule has 0 bridgehead atoms. The number of rotatable bonds is 9. The predicted octanol–water partition coefficient (Wildman–Crippen LogP) is 2.37. The van der Waals surface area contributed by atoms with Gasteiger partial charge in [-0.2, -0.15) is 0 Å². The lowest BCUT2D eigenvalue weighted by Gasteiger charge is -2.16. The van der Waals surface area contributed by atoms with Crippen molar-refractivity contribution in [2.45, 2.75) is 32.2 Å². The molecule has 2 aromatic rings. The number of amides is 1. The van der Waals surface area contributed by atoms with Gasteiger partial charge in [0.1, 0.15) is 6.04 Å². The number of nitrogens with zero attached hydrogens (tertiary/aromatic N) is 1. The molecule has 0 aliphatic heterocycles. The van der Waals surface area contributed by atoms with Gasteiger partial charge in [-0.3, -0.25) is 14.4 Å². The summed E-state index contributed by atoms with van der Waals surface area (Å²) >= 11 is 5.89. The molecule has 0 saturated carbocycles. The summed E-state index contributed by atoms with van der Waals surface area (Å²) in [6.07, 6.45) is -0.0476. The van der Waals surface area contributed by atoms with Crippen LogP contribution in [-0.4, -0.2) is 48.5 Å². The number of aryl methyl sites for hydroxylation is 1. The first-order valence-corrected chi connectivity index (χ1v) is 9.95. The molecule has 1 aromatic heterocycles. The molecule has 0 aliphatic rings. The number of aromatic nitrogens is 1. The molecule has 0 aliphatic carbocycles. The van der Waals surface area contributed by atoms with E-state index in [4.69, 9.17) is 16.3 Å². The minimum atomic E-state index is -0.979. The third-order valence-electron chi connectivity index (χ3n) is 4.87. The Hall–Kier alpha value is -3.13. The zero-order valence-electron chi connectivity index (χ0n) is 17.9. The summed E-state index contributed by atoms with van der Waals surface area (Å²) in [7, 11) is 4.15. The van der Waals surface area contributed by atoms with Crippen LogP contribution in [0.4, 0.5) is 0 Å². The number of carbonyl (C=O) groups excluding carboxylic acids is 4. The second kappa shape index (κ2) is 10.8. The van der Waals surface area contributed by atoms with E-state index in [0.717, 1.165) is 5.56 Å². The Morgan fingerprint density at radius 2 is 1.74 bits per heavy atom. The van der Waals surface area contributed by atoms with E-state index in [1.807, 2.05) is 0 Å². The van der Waals surface area contributed by atoms with E-state index < -0.39 is 23.9 Å². The average molecular weight is 449 g/mol. The third-order valence-corrected chi connectivity index (χ3v) is 5.12. The highest BCUT2D eigenvalue weighted by Crippen LogP contribution is 2.20. The van der Waals surface area contributed by atoms with Gasteiger partial charge in [-0.25, -0.2) is 4.79 Å². The SMILES string of the molecule is COC(=O)CC[C@H](NC(=O)Cc1cc(C)c(C(=O)c2ccc(Cl)cc2)n1C)C(=O)OC. The van der Waals surface area contributed by atoms with E-state index in [1.54, 1.807) is 48.9 Å². The van der Waals surface area contributed by atoms with E-state index in [-0.39, 0.29) is 25.0 Å². The molecule has 0 unspecified atom stereocenters. The lowest BCUT2D eigenvalue weighted by Crippen LogP contribution is -2.42. The molecular weight excluding hydrogens is 424 g/mol. The van der Waals surface area contributed by atoms with Gasteiger partial charge in [0.15, 0.2) is 0 Å². The van der Waals surface area contributed by atoms with Crippen LogP contribution in [0.25, 0.3) is 0 Å². The first-order valence-electron chi connectivity index (χ1n) is 9.57. The fourth-order valence-corrected chi connectivity index (χ4v) is 3.35. The van der Waals surface area contributed by atoms with Crippen molar-refractivity contribution in [3.8, 4) is 0 Å². The Morgan fingerprint density at radius 3 is 2.32 bits per heavy atom. The standard InChI is InChI=1S/C22H25ClN2O6/c1-13-11-16(25(2)20(13)21(28)14-5-7-15(23)8-6-14)12-18(26)24-17(22(29)31-4)9-10-19(27)30-3/h5-8,11,17H,9-10,12H2,1-4H3,(H,24,26)/t17-/m0/s1. The maximum absolute atomic E-state index is 12.9. The van der Waals surface area contributed by atoms with E-state index in [0.29, 0.717) is 22.0 Å². The van der Waals surface area contributed by atoms with Crippen molar-refractivity contribution in [1.29, 1.82) is 0 Å². The Kier molecular flexibility index (Phi) is 8.38. The topological polar surface area (TPSA) is 104 Å². The predicted molar refractivity (Wildman–Crippen MR) is 114 cm³/mol. The van der Waals surface area contributed by atoms with Crippen LogP contribution in [0.15, 0.2) is 30.3 Å². The summed E-state index contributed by atoms with van der Waals surface area (Å²) in [6, 6.07) is 7.35. The van der Waals surface area contributed by atoms with Crippen LogP contribution in [0, 0.1) is 6.92 Å². The molecule has 0 radical (unpaired) electrons. The van der Waals surface area contributed by atoms with E-state index >= 15 is 0 Å². The highest BCUT2D eigenvalue weighted by molar-refractivity contribution is 6.30. The van der Waals surface area contributed by atoms with E-state index in [1.165, 1.54) is 14.2 Å². The first-order chi connectivity index (χ1) is 14.7. The molecule has 0 spiro atoms. The fourth-order valence-electron chi connectivity index (χ4n) is 3.23. The highest BCUT2D eigenvalue weighted by atomic mass is 35.5. The van der Waals surface area contributed by atoms with Crippen LogP contribution in [0.5, 0.6) is 0 Å². The van der Waals surface area contributed by atoms with E-state index in [9.17, 15) is 19.2 Å². The molecule has 0 saturated heterocycles. The molecule has 2 rings (SSSR count). The molecule has 166 valence electrons. The molecule has 9 heteroatoms. The fraction of sp³-hybridized carbons (Fsp3) is 0.364. The number of esters is 2. The van der Waals surface area contributed by atoms with Crippen molar-refractivity contribution < 1.29 is 28.7 Å². The molecule has 1 heterocycles.